The van der Waals surface area contributed by atoms with E-state index in [1.54, 1.807) is 26.2 Å². The summed E-state index contributed by atoms with van der Waals surface area (Å²) >= 11 is 6.45. The molecule has 7 rings (SSSR count). The third-order valence-corrected chi connectivity index (χ3v) is 13.0. The van der Waals surface area contributed by atoms with Crippen LogP contribution in [0.2, 0.25) is 5.02 Å². The highest BCUT2D eigenvalue weighted by atomic mass is 35.5. The van der Waals surface area contributed by atoms with Gasteiger partial charge in [-0.1, -0.05) is 36.7 Å². The number of benzene rings is 2. The zero-order valence-electron chi connectivity index (χ0n) is 28.3. The van der Waals surface area contributed by atoms with Crippen molar-refractivity contribution in [2.24, 2.45) is 22.1 Å². The number of fused-ring (bicyclic) bond motifs is 4. The van der Waals surface area contributed by atoms with Crippen molar-refractivity contribution in [2.75, 3.05) is 37.5 Å². The van der Waals surface area contributed by atoms with E-state index >= 15 is 0 Å². The van der Waals surface area contributed by atoms with Gasteiger partial charge in [-0.15, -0.1) is 4.36 Å². The van der Waals surface area contributed by atoms with Crippen LogP contribution in [0.4, 0.5) is 5.69 Å². The van der Waals surface area contributed by atoms with E-state index in [2.05, 4.69) is 38.3 Å². The minimum atomic E-state index is -3.52. The maximum Gasteiger partial charge on any atom is 0.286 e. The molecular weight excluding hydrogens is 662 g/mol. The molecule has 2 amide bonds. The van der Waals surface area contributed by atoms with Gasteiger partial charge in [0, 0.05) is 36.2 Å². The fourth-order valence-electron chi connectivity index (χ4n) is 8.13. The minimum Gasteiger partial charge on any atom is -0.490 e. The zero-order valence-corrected chi connectivity index (χ0v) is 29.9. The molecule has 4 aliphatic rings. The molecule has 3 heterocycles. The molecule has 9 nitrogen and oxygen atoms in total. The molecule has 2 aromatic carbocycles. The SMILES string of the molecule is CO[C@H]1/C=C/C[C@H](C)CS(=O)(NC(=O)c2coc(C)c2)=NC(=O)c2ccc3c(c2)N(C[C@@H]2CC[C@H]21)C[C@@]1(CCCc2cc(Cl)ccc21)CO3. The van der Waals surface area contributed by atoms with E-state index in [4.69, 9.17) is 25.5 Å². The normalized spacial score (nSPS) is 30.5. The van der Waals surface area contributed by atoms with Crippen molar-refractivity contribution in [2.45, 2.75) is 63.9 Å². The number of amides is 2. The van der Waals surface area contributed by atoms with Gasteiger partial charge in [0.1, 0.15) is 27.7 Å². The minimum absolute atomic E-state index is 0.00147. The van der Waals surface area contributed by atoms with Crippen LogP contribution in [0, 0.1) is 24.7 Å². The Kier molecular flexibility index (Phi) is 9.41. The Morgan fingerprint density at radius 2 is 2.04 bits per heavy atom. The largest absolute Gasteiger partial charge is 0.490 e. The topological polar surface area (TPSA) is 110 Å². The number of ether oxygens (including phenoxy) is 2. The summed E-state index contributed by atoms with van der Waals surface area (Å²) in [6.45, 7) is 5.67. The number of nitrogens with one attached hydrogen (secondary N) is 1. The van der Waals surface area contributed by atoms with E-state index in [1.807, 2.05) is 25.1 Å². The second-order valence-electron chi connectivity index (χ2n) is 14.3. The summed E-state index contributed by atoms with van der Waals surface area (Å²) in [6, 6.07) is 13.1. The Bertz CT molecular complexity index is 1910. The molecule has 0 saturated heterocycles. The average molecular weight is 706 g/mol. The van der Waals surface area contributed by atoms with Gasteiger partial charge in [-0.3, -0.25) is 14.3 Å². The molecule has 260 valence electrons. The highest BCUT2D eigenvalue weighted by Crippen LogP contribution is 2.47. The lowest BCUT2D eigenvalue weighted by atomic mass is 9.68. The van der Waals surface area contributed by atoms with Crippen molar-refractivity contribution < 1.29 is 27.7 Å². The molecular formula is C38H44ClN3O6S. The second kappa shape index (κ2) is 13.6. The third-order valence-electron chi connectivity index (χ3n) is 10.8. The first-order chi connectivity index (χ1) is 23.5. The van der Waals surface area contributed by atoms with E-state index in [9.17, 15) is 13.8 Å². The van der Waals surface area contributed by atoms with Crippen molar-refractivity contribution >= 4 is 39.0 Å². The molecule has 6 atom stereocenters. The molecule has 1 spiro atoms. The molecule has 0 radical (unpaired) electrons. The molecule has 1 saturated carbocycles. The number of allylic oxidation sites excluding steroid dienone is 1. The van der Waals surface area contributed by atoms with E-state index in [0.717, 1.165) is 49.4 Å². The van der Waals surface area contributed by atoms with Crippen molar-refractivity contribution in [1.82, 2.24) is 4.72 Å². The van der Waals surface area contributed by atoms with Crippen LogP contribution < -0.4 is 14.4 Å². The standard InChI is InChI=1S/C38H44ClN3O6S/c1-24-6-4-8-34(46-3)31-12-9-28(31)19-42-22-38(15-5-7-26-17-30(39)11-13-32(26)38)23-48-35-14-10-27(18-33(35)42)36(43)40-49(45,21-24)41-37(44)29-16-25(2)47-20-29/h4,8,10-11,13-14,16-18,20,24,28,31,34H,5-7,9,12,15,19,21-23H2,1-3H3,(H,40,41,43,44,45)/b8-4+/t24-,28-,31+,34-,38-,49?/m0/s1. The van der Waals surface area contributed by atoms with Gasteiger partial charge in [-0.2, -0.15) is 0 Å². The van der Waals surface area contributed by atoms with Crippen LogP contribution in [0.1, 0.15) is 76.6 Å². The Hall–Kier alpha value is -3.60. The van der Waals surface area contributed by atoms with Crippen LogP contribution in [0.15, 0.2) is 69.7 Å². The summed E-state index contributed by atoms with van der Waals surface area (Å²) in [5, 5.41) is 0.739. The zero-order chi connectivity index (χ0) is 34.3. The number of hydrogen-bond donors (Lipinski definition) is 1. The molecule has 1 fully saturated rings. The predicted octanol–water partition coefficient (Wildman–Crippen LogP) is 7.30. The van der Waals surface area contributed by atoms with E-state index in [0.29, 0.717) is 48.5 Å². The summed E-state index contributed by atoms with van der Waals surface area (Å²) in [5.74, 6) is 0.581. The maximum absolute atomic E-state index is 14.4. The monoisotopic (exact) mass is 705 g/mol. The molecule has 2 bridgehead atoms. The third kappa shape index (κ3) is 6.92. The van der Waals surface area contributed by atoms with Crippen molar-refractivity contribution in [3.8, 4) is 5.75 Å². The maximum atomic E-state index is 14.4. The Balaban J connectivity index is 1.31. The average Bonchev–Trinajstić information content (AvgIpc) is 3.43. The number of methoxy groups -OCH3 is 1. The first-order valence-electron chi connectivity index (χ1n) is 17.2. The van der Waals surface area contributed by atoms with Crippen molar-refractivity contribution in [3.05, 3.63) is 93.9 Å². The van der Waals surface area contributed by atoms with Crippen LogP contribution >= 0.6 is 11.6 Å². The van der Waals surface area contributed by atoms with E-state index in [1.165, 1.54) is 17.4 Å². The van der Waals surface area contributed by atoms with Crippen LogP contribution in [-0.2, 0) is 26.5 Å². The quantitative estimate of drug-likeness (QED) is 0.285. The predicted molar refractivity (Wildman–Crippen MR) is 191 cm³/mol. The molecule has 2 aliphatic heterocycles. The molecule has 1 aromatic heterocycles. The first-order valence-corrected chi connectivity index (χ1v) is 19.3. The number of furan rings is 1. The first kappa shape index (κ1) is 33.9. The fraction of sp³-hybridized carbons (Fsp3) is 0.474. The number of carbonyl (C=O) groups excluding carboxylic acids is 2. The molecule has 11 heteroatoms. The van der Waals surface area contributed by atoms with E-state index in [-0.39, 0.29) is 28.8 Å². The molecule has 3 aromatic rings. The fourth-order valence-corrected chi connectivity index (χ4v) is 10.2. The smallest absolute Gasteiger partial charge is 0.286 e. The number of aryl methyl sites for hydroxylation is 2. The van der Waals surface area contributed by atoms with E-state index < -0.39 is 21.7 Å². The Morgan fingerprint density at radius 1 is 1.18 bits per heavy atom. The number of rotatable bonds is 3. The Morgan fingerprint density at radius 3 is 2.80 bits per heavy atom. The summed E-state index contributed by atoms with van der Waals surface area (Å²) in [4.78, 5) is 29.5. The second-order valence-corrected chi connectivity index (χ2v) is 16.8. The van der Waals surface area contributed by atoms with Gasteiger partial charge in [0.25, 0.3) is 11.8 Å². The van der Waals surface area contributed by atoms with Gasteiger partial charge in [-0.25, -0.2) is 4.21 Å². The highest BCUT2D eigenvalue weighted by Gasteiger charge is 2.44. The lowest BCUT2D eigenvalue weighted by Crippen LogP contribution is -2.49. The Labute approximate surface area is 293 Å². The number of anilines is 1. The molecule has 49 heavy (non-hydrogen) atoms. The van der Waals surface area contributed by atoms with Crippen LogP contribution in [-0.4, -0.2) is 54.7 Å². The summed E-state index contributed by atoms with van der Waals surface area (Å²) in [5.41, 5.74) is 3.61. The summed E-state index contributed by atoms with van der Waals surface area (Å²) in [7, 11) is -1.76. The summed E-state index contributed by atoms with van der Waals surface area (Å²) in [6.07, 6.45) is 11.2. The lowest BCUT2D eigenvalue weighted by Gasteiger charge is -2.46. The van der Waals surface area contributed by atoms with Crippen LogP contribution in [0.3, 0.4) is 0 Å². The lowest BCUT2D eigenvalue weighted by molar-refractivity contribution is 0.0131. The number of halogens is 1. The summed E-state index contributed by atoms with van der Waals surface area (Å²) < 4.78 is 39.2. The van der Waals surface area contributed by atoms with Crippen molar-refractivity contribution in [3.63, 3.8) is 0 Å². The van der Waals surface area contributed by atoms with Gasteiger partial charge in [-0.05, 0) is 111 Å². The number of carbonyl (C=O) groups is 2. The van der Waals surface area contributed by atoms with Gasteiger partial charge in [0.05, 0.1) is 29.7 Å². The van der Waals surface area contributed by atoms with Gasteiger partial charge in [0.2, 0.25) is 0 Å². The number of hydrogen-bond acceptors (Lipinski definition) is 7. The van der Waals surface area contributed by atoms with Crippen LogP contribution in [0.25, 0.3) is 0 Å². The molecule has 2 aliphatic carbocycles. The van der Waals surface area contributed by atoms with Gasteiger partial charge in [0.15, 0.2) is 0 Å². The van der Waals surface area contributed by atoms with Crippen LogP contribution in [0.5, 0.6) is 5.75 Å². The molecule has 1 N–H and O–H groups in total. The van der Waals surface area contributed by atoms with Crippen molar-refractivity contribution in [1.29, 1.82) is 0 Å². The number of nitrogens with zero attached hydrogens (tertiary/aromatic N) is 2. The van der Waals surface area contributed by atoms with Gasteiger partial charge < -0.3 is 18.8 Å². The molecule has 1 unspecified atom stereocenters. The highest BCUT2D eigenvalue weighted by molar-refractivity contribution is 7.92. The van der Waals surface area contributed by atoms with Gasteiger partial charge >= 0.3 is 0 Å².